The van der Waals surface area contributed by atoms with Crippen LogP contribution in [0.4, 0.5) is 5.69 Å². The first-order valence-electron chi connectivity index (χ1n) is 5.85. The number of nitrogens with two attached hydrogens (primary N) is 1. The Morgan fingerprint density at radius 3 is 2.67 bits per heavy atom. The molecule has 1 aromatic rings. The van der Waals surface area contributed by atoms with Gasteiger partial charge in [-0.2, -0.15) is 0 Å². The Bertz CT molecular complexity index is 456. The van der Waals surface area contributed by atoms with E-state index in [1.807, 2.05) is 0 Å². The average Bonchev–Trinajstić information content (AvgIpc) is 2.39. The predicted molar refractivity (Wildman–Crippen MR) is 67.6 cm³/mol. The van der Waals surface area contributed by atoms with Crippen LogP contribution in [0, 0.1) is 0 Å². The zero-order chi connectivity index (χ0) is 13.1. The van der Waals surface area contributed by atoms with Gasteiger partial charge in [-0.15, -0.1) is 0 Å². The number of morpholine rings is 1. The number of nitrogens with zero attached hydrogens (tertiary/aromatic N) is 1. The van der Waals surface area contributed by atoms with E-state index in [9.17, 15) is 9.59 Å². The Hall–Kier alpha value is -1.72. The maximum absolute atomic E-state index is 11.8. The van der Waals surface area contributed by atoms with Gasteiger partial charge in [0.25, 0.3) is 5.91 Å². The minimum absolute atomic E-state index is 0.00897. The molecule has 1 atom stereocenters. The molecule has 5 nitrogen and oxygen atoms in total. The highest BCUT2D eigenvalue weighted by atomic mass is 16.5. The fourth-order valence-electron chi connectivity index (χ4n) is 1.89. The van der Waals surface area contributed by atoms with Crippen molar-refractivity contribution in [3.63, 3.8) is 0 Å². The molecule has 18 heavy (non-hydrogen) atoms. The monoisotopic (exact) mass is 248 g/mol. The molecule has 1 aliphatic heterocycles. The third-order valence-corrected chi connectivity index (χ3v) is 2.98. The molecule has 1 saturated heterocycles. The zero-order valence-corrected chi connectivity index (χ0v) is 10.3. The molecular formula is C13H16N2O3. The largest absolute Gasteiger partial charge is 0.365 e. The number of anilines is 1. The van der Waals surface area contributed by atoms with Gasteiger partial charge >= 0.3 is 0 Å². The molecule has 1 aromatic carbocycles. The molecule has 0 aliphatic carbocycles. The average molecular weight is 248 g/mol. The van der Waals surface area contributed by atoms with E-state index >= 15 is 0 Å². The lowest BCUT2D eigenvalue weighted by Crippen LogP contribution is -2.49. The molecule has 0 bridgehead atoms. The Kier molecular flexibility index (Phi) is 3.74. The van der Waals surface area contributed by atoms with Gasteiger partial charge in [-0.3, -0.25) is 9.59 Å². The summed E-state index contributed by atoms with van der Waals surface area (Å²) in [5.74, 6) is -0.0787. The smallest absolute Gasteiger partial charge is 0.253 e. The van der Waals surface area contributed by atoms with Crippen molar-refractivity contribution in [1.82, 2.24) is 0 Å². The van der Waals surface area contributed by atoms with Crippen LogP contribution >= 0.6 is 0 Å². The van der Waals surface area contributed by atoms with Crippen molar-refractivity contribution < 1.29 is 14.3 Å². The van der Waals surface area contributed by atoms with E-state index in [0.717, 1.165) is 5.69 Å². The van der Waals surface area contributed by atoms with Crippen molar-refractivity contribution >= 4 is 17.4 Å². The molecule has 2 N–H and O–H groups in total. The van der Waals surface area contributed by atoms with Gasteiger partial charge in [-0.05, 0) is 31.2 Å². The van der Waals surface area contributed by atoms with E-state index < -0.39 is 0 Å². The number of Topliss-reactive ketones (excluding diaryl/α,β-unsaturated/α-hetero) is 1. The number of rotatable bonds is 3. The van der Waals surface area contributed by atoms with E-state index in [0.29, 0.717) is 18.7 Å². The van der Waals surface area contributed by atoms with E-state index in [1.54, 1.807) is 29.2 Å². The summed E-state index contributed by atoms with van der Waals surface area (Å²) in [6.07, 6.45) is -0.129. The maximum Gasteiger partial charge on any atom is 0.253 e. The second-order valence-corrected chi connectivity index (χ2v) is 4.28. The molecule has 1 fully saturated rings. The second-order valence-electron chi connectivity index (χ2n) is 4.28. The van der Waals surface area contributed by atoms with Crippen LogP contribution in [0.1, 0.15) is 17.3 Å². The highest BCUT2D eigenvalue weighted by molar-refractivity contribution is 5.97. The van der Waals surface area contributed by atoms with Gasteiger partial charge in [0.15, 0.2) is 5.78 Å². The van der Waals surface area contributed by atoms with Gasteiger partial charge in [0.2, 0.25) is 0 Å². The lowest BCUT2D eigenvalue weighted by Gasteiger charge is -2.32. The third kappa shape index (κ3) is 2.57. The molecule has 0 spiro atoms. The highest BCUT2D eigenvalue weighted by Crippen LogP contribution is 2.19. The molecule has 0 radical (unpaired) electrons. The van der Waals surface area contributed by atoms with Crippen LogP contribution in [-0.2, 0) is 9.53 Å². The molecule has 96 valence electrons. The summed E-state index contributed by atoms with van der Waals surface area (Å²) in [5, 5.41) is 0. The summed E-state index contributed by atoms with van der Waals surface area (Å²) >= 11 is 0. The van der Waals surface area contributed by atoms with Crippen molar-refractivity contribution in [3.05, 3.63) is 29.8 Å². The molecule has 1 heterocycles. The van der Waals surface area contributed by atoms with Gasteiger partial charge in [-0.1, -0.05) is 0 Å². The molecule has 0 aromatic heterocycles. The van der Waals surface area contributed by atoms with Gasteiger partial charge in [-0.25, -0.2) is 0 Å². The molecule has 1 unspecified atom stereocenters. The lowest BCUT2D eigenvalue weighted by atomic mass is 10.1. The van der Waals surface area contributed by atoms with Crippen molar-refractivity contribution in [3.8, 4) is 0 Å². The minimum atomic E-state index is -0.129. The summed E-state index contributed by atoms with van der Waals surface area (Å²) in [6.45, 7) is 2.40. The van der Waals surface area contributed by atoms with E-state index in [4.69, 9.17) is 10.5 Å². The standard InChI is InChI=1S/C13H16N2O3/c1-9(16)10-2-4-11(5-3-10)15-7-12(6-14)18-8-13(15)17/h2-5,12H,6-8,14H2,1H3. The number of amides is 1. The zero-order valence-electron chi connectivity index (χ0n) is 10.3. The second kappa shape index (κ2) is 5.29. The van der Waals surface area contributed by atoms with Crippen LogP contribution in [-0.4, -0.2) is 37.5 Å². The van der Waals surface area contributed by atoms with Gasteiger partial charge in [0, 0.05) is 17.8 Å². The highest BCUT2D eigenvalue weighted by Gasteiger charge is 2.26. The number of hydrogen-bond acceptors (Lipinski definition) is 4. The first-order valence-corrected chi connectivity index (χ1v) is 5.85. The fraction of sp³-hybridized carbons (Fsp3) is 0.385. The first kappa shape index (κ1) is 12.7. The molecule has 1 amide bonds. The normalized spacial score (nSPS) is 20.0. The van der Waals surface area contributed by atoms with Crippen LogP contribution in [0.5, 0.6) is 0 Å². The van der Waals surface area contributed by atoms with Crippen molar-refractivity contribution in [1.29, 1.82) is 0 Å². The Labute approximate surface area is 106 Å². The number of carbonyl (C=O) groups is 2. The summed E-state index contributed by atoms with van der Waals surface area (Å²) in [5.41, 5.74) is 6.95. The van der Waals surface area contributed by atoms with Gasteiger partial charge in [0.1, 0.15) is 6.61 Å². The van der Waals surface area contributed by atoms with Crippen LogP contribution in [0.15, 0.2) is 24.3 Å². The quantitative estimate of drug-likeness (QED) is 0.794. The molecule has 2 rings (SSSR count). The Morgan fingerprint density at radius 2 is 2.11 bits per heavy atom. The molecule has 5 heteroatoms. The van der Waals surface area contributed by atoms with Gasteiger partial charge < -0.3 is 15.4 Å². The summed E-state index contributed by atoms with van der Waals surface area (Å²) in [6, 6.07) is 6.98. The number of hydrogen-bond donors (Lipinski definition) is 1. The Morgan fingerprint density at radius 1 is 1.44 bits per heavy atom. The van der Waals surface area contributed by atoms with E-state index in [2.05, 4.69) is 0 Å². The van der Waals surface area contributed by atoms with Gasteiger partial charge in [0.05, 0.1) is 12.6 Å². The Balaban J connectivity index is 2.18. The topological polar surface area (TPSA) is 72.6 Å². The van der Waals surface area contributed by atoms with Crippen molar-refractivity contribution in [2.45, 2.75) is 13.0 Å². The summed E-state index contributed by atoms with van der Waals surface area (Å²) in [7, 11) is 0. The van der Waals surface area contributed by atoms with Crippen LogP contribution in [0.3, 0.4) is 0 Å². The number of ketones is 1. The predicted octanol–water partition coefficient (Wildman–Crippen LogP) is 0.580. The number of benzene rings is 1. The first-order chi connectivity index (χ1) is 8.61. The van der Waals surface area contributed by atoms with E-state index in [-0.39, 0.29) is 24.4 Å². The van der Waals surface area contributed by atoms with Crippen LogP contribution in [0.2, 0.25) is 0 Å². The molecule has 0 saturated carbocycles. The van der Waals surface area contributed by atoms with Crippen LogP contribution in [0.25, 0.3) is 0 Å². The third-order valence-electron chi connectivity index (χ3n) is 2.98. The molecular weight excluding hydrogens is 232 g/mol. The van der Waals surface area contributed by atoms with E-state index in [1.165, 1.54) is 6.92 Å². The molecule has 1 aliphatic rings. The van der Waals surface area contributed by atoms with Crippen molar-refractivity contribution in [2.75, 3.05) is 24.6 Å². The van der Waals surface area contributed by atoms with Crippen LogP contribution < -0.4 is 10.6 Å². The van der Waals surface area contributed by atoms with Crippen molar-refractivity contribution in [2.24, 2.45) is 5.73 Å². The fourth-order valence-corrected chi connectivity index (χ4v) is 1.89. The summed E-state index contributed by atoms with van der Waals surface area (Å²) < 4.78 is 5.28. The maximum atomic E-state index is 11.8. The number of ether oxygens (including phenoxy) is 1. The lowest BCUT2D eigenvalue weighted by molar-refractivity contribution is -0.128. The number of carbonyl (C=O) groups excluding carboxylic acids is 2. The summed E-state index contributed by atoms with van der Waals surface area (Å²) in [4.78, 5) is 24.6. The minimum Gasteiger partial charge on any atom is -0.365 e. The SMILES string of the molecule is CC(=O)c1ccc(N2CC(CN)OCC2=O)cc1.